The lowest BCUT2D eigenvalue weighted by Gasteiger charge is -2.11. The Hall–Kier alpha value is -4.77. The van der Waals surface area contributed by atoms with Crippen LogP contribution in [0.3, 0.4) is 0 Å². The lowest BCUT2D eigenvalue weighted by molar-refractivity contribution is 0.953. The molecule has 0 unspecified atom stereocenters. The first-order valence-electron chi connectivity index (χ1n) is 11.6. The Labute approximate surface area is 201 Å². The monoisotopic (exact) mass is 451 g/mol. The molecule has 0 spiro atoms. The zero-order chi connectivity index (χ0) is 23.4. The molecule has 5 nitrogen and oxygen atoms in total. The molecule has 0 atom stereocenters. The number of hydrogen-bond donors (Lipinski definition) is 1. The van der Waals surface area contributed by atoms with E-state index in [4.69, 9.17) is 15.0 Å². The maximum Gasteiger partial charge on any atom is 0.238 e. The second kappa shape index (κ2) is 7.64. The first-order valence-corrected chi connectivity index (χ1v) is 11.6. The molecule has 0 saturated heterocycles. The highest BCUT2D eigenvalue weighted by molar-refractivity contribution is 6.20. The van der Waals surface area contributed by atoms with E-state index in [2.05, 4.69) is 52.9 Å². The van der Waals surface area contributed by atoms with Crippen LogP contribution in [0.15, 0.2) is 103 Å². The van der Waals surface area contributed by atoms with Gasteiger partial charge in [-0.1, -0.05) is 78.4 Å². The van der Waals surface area contributed by atoms with Crippen molar-refractivity contribution in [3.63, 3.8) is 0 Å². The summed E-state index contributed by atoms with van der Waals surface area (Å²) in [7, 11) is 0. The maximum atomic E-state index is 4.99. The molecule has 3 heterocycles. The Bertz CT molecular complexity index is 1790. The minimum absolute atomic E-state index is 0.604. The van der Waals surface area contributed by atoms with Crippen molar-refractivity contribution in [1.82, 2.24) is 24.5 Å². The summed E-state index contributed by atoms with van der Waals surface area (Å²) >= 11 is 0. The lowest BCUT2D eigenvalue weighted by Crippen LogP contribution is -2.06. The number of nitrogens with one attached hydrogen (secondary N) is 1. The van der Waals surface area contributed by atoms with Gasteiger partial charge >= 0.3 is 0 Å². The molecule has 0 aliphatic heterocycles. The van der Waals surface area contributed by atoms with Gasteiger partial charge in [-0.2, -0.15) is 9.97 Å². The van der Waals surface area contributed by atoms with Gasteiger partial charge in [-0.3, -0.25) is 4.57 Å². The molecule has 1 N–H and O–H groups in total. The van der Waals surface area contributed by atoms with Crippen LogP contribution in [0.4, 0.5) is 0 Å². The van der Waals surface area contributed by atoms with Crippen molar-refractivity contribution in [2.75, 3.05) is 0 Å². The minimum atomic E-state index is 0.604. The van der Waals surface area contributed by atoms with Crippen LogP contribution >= 0.6 is 0 Å². The summed E-state index contributed by atoms with van der Waals surface area (Å²) in [5.74, 6) is 1.91. The summed E-state index contributed by atoms with van der Waals surface area (Å²) in [6, 6.07) is 33.1. The number of aryl methyl sites for hydroxylation is 1. The van der Waals surface area contributed by atoms with Gasteiger partial charge in [0, 0.05) is 33.5 Å². The van der Waals surface area contributed by atoms with Crippen LogP contribution in [-0.2, 0) is 0 Å². The van der Waals surface area contributed by atoms with Crippen LogP contribution in [0.25, 0.3) is 61.4 Å². The molecule has 0 saturated carbocycles. The van der Waals surface area contributed by atoms with Crippen molar-refractivity contribution in [3.8, 4) is 28.7 Å². The van der Waals surface area contributed by atoms with Gasteiger partial charge in [0.1, 0.15) is 0 Å². The van der Waals surface area contributed by atoms with E-state index in [0.29, 0.717) is 17.6 Å². The van der Waals surface area contributed by atoms with Crippen LogP contribution in [-0.4, -0.2) is 24.5 Å². The third kappa shape index (κ3) is 3.13. The third-order valence-corrected chi connectivity index (χ3v) is 6.50. The Morgan fingerprint density at radius 2 is 1.31 bits per heavy atom. The van der Waals surface area contributed by atoms with Crippen molar-refractivity contribution in [2.24, 2.45) is 0 Å². The molecule has 0 aliphatic rings. The van der Waals surface area contributed by atoms with Gasteiger partial charge in [0.05, 0.1) is 16.6 Å². The molecule has 0 amide bonds. The number of rotatable bonds is 3. The van der Waals surface area contributed by atoms with E-state index in [1.54, 1.807) is 0 Å². The van der Waals surface area contributed by atoms with Crippen molar-refractivity contribution >= 4 is 32.7 Å². The van der Waals surface area contributed by atoms with Gasteiger partial charge in [0.2, 0.25) is 5.95 Å². The van der Waals surface area contributed by atoms with Crippen molar-refractivity contribution in [2.45, 2.75) is 6.92 Å². The molecular weight excluding hydrogens is 430 g/mol. The molecule has 0 fully saturated rings. The van der Waals surface area contributed by atoms with Crippen molar-refractivity contribution in [3.05, 3.63) is 109 Å². The first kappa shape index (κ1) is 19.7. The highest BCUT2D eigenvalue weighted by Gasteiger charge is 2.19. The summed E-state index contributed by atoms with van der Waals surface area (Å²) in [4.78, 5) is 18.3. The maximum absolute atomic E-state index is 4.99. The molecule has 35 heavy (non-hydrogen) atoms. The third-order valence-electron chi connectivity index (χ3n) is 6.50. The average Bonchev–Trinajstić information content (AvgIpc) is 3.51. The highest BCUT2D eigenvalue weighted by Crippen LogP contribution is 2.36. The van der Waals surface area contributed by atoms with Gasteiger partial charge < -0.3 is 4.98 Å². The quantitative estimate of drug-likeness (QED) is 0.312. The lowest BCUT2D eigenvalue weighted by atomic mass is 10.1. The van der Waals surface area contributed by atoms with Gasteiger partial charge in [0.25, 0.3) is 0 Å². The largest absolute Gasteiger partial charge is 0.361 e. The molecule has 166 valence electrons. The highest BCUT2D eigenvalue weighted by atomic mass is 15.2. The standard InChI is InChI=1S/C30H21N5/c1-19-12-14-24-23(18-19)26-25(15-13-20-16-17-31-27(20)26)35(24)30-33-28(21-8-4-2-5-9-21)32-29(34-30)22-10-6-3-7-11-22/h2-18,31H,1H3. The Morgan fingerprint density at radius 3 is 2.00 bits per heavy atom. The van der Waals surface area contributed by atoms with E-state index < -0.39 is 0 Å². The molecule has 3 aromatic heterocycles. The molecule has 0 radical (unpaired) electrons. The Balaban J connectivity index is 1.60. The van der Waals surface area contributed by atoms with Crippen LogP contribution in [0.2, 0.25) is 0 Å². The Morgan fingerprint density at radius 1 is 0.657 bits per heavy atom. The minimum Gasteiger partial charge on any atom is -0.361 e. The summed E-state index contributed by atoms with van der Waals surface area (Å²) in [6.07, 6.45) is 1.99. The van der Waals surface area contributed by atoms with E-state index in [9.17, 15) is 0 Å². The van der Waals surface area contributed by atoms with Crippen LogP contribution in [0, 0.1) is 6.92 Å². The molecule has 0 aliphatic carbocycles. The number of hydrogen-bond acceptors (Lipinski definition) is 3. The van der Waals surface area contributed by atoms with Gasteiger partial charge in [-0.15, -0.1) is 0 Å². The van der Waals surface area contributed by atoms with E-state index >= 15 is 0 Å². The van der Waals surface area contributed by atoms with E-state index in [1.165, 1.54) is 21.7 Å². The molecule has 7 aromatic rings. The fraction of sp³-hybridized carbons (Fsp3) is 0.0333. The van der Waals surface area contributed by atoms with Crippen LogP contribution < -0.4 is 0 Å². The molecule has 5 heteroatoms. The molecule has 4 aromatic carbocycles. The molecule has 0 bridgehead atoms. The van der Waals surface area contributed by atoms with E-state index in [-0.39, 0.29) is 0 Å². The number of H-pyrrole nitrogens is 1. The summed E-state index contributed by atoms with van der Waals surface area (Å²) < 4.78 is 2.16. The fourth-order valence-electron chi connectivity index (χ4n) is 4.86. The molecule has 7 rings (SSSR count). The topological polar surface area (TPSA) is 59.4 Å². The predicted octanol–water partition coefficient (Wildman–Crippen LogP) is 7.09. The average molecular weight is 452 g/mol. The fourth-order valence-corrected chi connectivity index (χ4v) is 4.86. The zero-order valence-electron chi connectivity index (χ0n) is 19.1. The first-order chi connectivity index (χ1) is 17.3. The van der Waals surface area contributed by atoms with Gasteiger partial charge in [-0.05, 0) is 31.2 Å². The van der Waals surface area contributed by atoms with E-state index in [1.807, 2.05) is 66.9 Å². The predicted molar refractivity (Wildman–Crippen MR) is 142 cm³/mol. The van der Waals surface area contributed by atoms with Gasteiger partial charge in [0.15, 0.2) is 11.6 Å². The second-order valence-electron chi connectivity index (χ2n) is 8.77. The van der Waals surface area contributed by atoms with Crippen LogP contribution in [0.5, 0.6) is 0 Å². The molecular formula is C30H21N5. The number of aromatic nitrogens is 5. The van der Waals surface area contributed by atoms with E-state index in [0.717, 1.165) is 27.7 Å². The number of nitrogens with zero attached hydrogens (tertiary/aromatic N) is 4. The normalized spacial score (nSPS) is 11.6. The summed E-state index contributed by atoms with van der Waals surface area (Å²) in [5.41, 5.74) is 6.37. The second-order valence-corrected chi connectivity index (χ2v) is 8.77. The smallest absolute Gasteiger partial charge is 0.238 e. The SMILES string of the molecule is Cc1ccc2c(c1)c1c3[nH]ccc3ccc1n2-c1nc(-c2ccccc2)nc(-c2ccccc2)n1. The van der Waals surface area contributed by atoms with Crippen molar-refractivity contribution in [1.29, 1.82) is 0 Å². The summed E-state index contributed by atoms with van der Waals surface area (Å²) in [5, 5.41) is 3.54. The Kier molecular flexibility index (Phi) is 4.29. The zero-order valence-corrected chi connectivity index (χ0v) is 19.1. The number of benzene rings is 4. The van der Waals surface area contributed by atoms with Gasteiger partial charge in [-0.25, -0.2) is 4.98 Å². The number of fused-ring (bicyclic) bond motifs is 5. The number of aromatic amines is 1. The van der Waals surface area contributed by atoms with Crippen LogP contribution in [0.1, 0.15) is 5.56 Å². The van der Waals surface area contributed by atoms with Crippen molar-refractivity contribution < 1.29 is 0 Å². The summed E-state index contributed by atoms with van der Waals surface area (Å²) in [6.45, 7) is 2.13.